The number of hydrazone groups is 1. The lowest BCUT2D eigenvalue weighted by atomic mass is 10.1. The number of hydrogen-bond acceptors (Lipinski definition) is 3. The van der Waals surface area contributed by atoms with E-state index >= 15 is 0 Å². The van der Waals surface area contributed by atoms with Gasteiger partial charge < -0.3 is 4.74 Å². The quantitative estimate of drug-likeness (QED) is 0.490. The lowest BCUT2D eigenvalue weighted by Gasteiger charge is -2.03. The maximum absolute atomic E-state index is 11.4. The van der Waals surface area contributed by atoms with Crippen LogP contribution in [-0.2, 0) is 9.53 Å². The zero-order valence-corrected chi connectivity index (χ0v) is 11.3. The van der Waals surface area contributed by atoms with Crippen LogP contribution in [0.25, 0.3) is 0 Å². The molecular formula is C13H17ClN2O2. The maximum Gasteiger partial charge on any atom is 0.242 e. The lowest BCUT2D eigenvalue weighted by molar-refractivity contribution is -0.122. The summed E-state index contributed by atoms with van der Waals surface area (Å²) < 4.78 is 5.08. The molecule has 0 radical (unpaired) electrons. The molecular weight excluding hydrogens is 252 g/mol. The first kappa shape index (κ1) is 14.7. The largest absolute Gasteiger partial charge is 0.381 e. The lowest BCUT2D eigenvalue weighted by Crippen LogP contribution is -2.20. The maximum atomic E-state index is 11.4. The van der Waals surface area contributed by atoms with Gasteiger partial charge in [0.15, 0.2) is 0 Å². The molecule has 5 heteroatoms. The Bertz CT molecular complexity index is 416. The summed E-state index contributed by atoms with van der Waals surface area (Å²) in [4.78, 5) is 11.4. The van der Waals surface area contributed by atoms with Crippen LogP contribution in [0.4, 0.5) is 0 Å². The van der Waals surface area contributed by atoms with Crippen molar-refractivity contribution in [2.45, 2.75) is 20.3 Å². The van der Waals surface area contributed by atoms with E-state index in [9.17, 15) is 4.79 Å². The molecule has 0 fully saturated rings. The Hall–Kier alpha value is -1.39. The van der Waals surface area contributed by atoms with Gasteiger partial charge in [-0.15, -0.1) is 0 Å². The van der Waals surface area contributed by atoms with Crippen LogP contribution in [0.1, 0.15) is 25.8 Å². The molecule has 0 atom stereocenters. The van der Waals surface area contributed by atoms with Crippen LogP contribution in [0.2, 0.25) is 5.02 Å². The number of nitrogens with one attached hydrogen (secondary N) is 1. The molecule has 0 saturated heterocycles. The molecule has 4 nitrogen and oxygen atoms in total. The summed E-state index contributed by atoms with van der Waals surface area (Å²) in [7, 11) is 0. The molecule has 1 N–H and O–H groups in total. The number of benzene rings is 1. The van der Waals surface area contributed by atoms with Gasteiger partial charge in [0.1, 0.15) is 0 Å². The van der Waals surface area contributed by atoms with E-state index in [4.69, 9.17) is 16.3 Å². The predicted octanol–water partition coefficient (Wildman–Crippen LogP) is 2.61. The number of amides is 1. The minimum Gasteiger partial charge on any atom is -0.381 e. The van der Waals surface area contributed by atoms with Gasteiger partial charge in [0.25, 0.3) is 0 Å². The molecule has 0 spiro atoms. The topological polar surface area (TPSA) is 50.7 Å². The van der Waals surface area contributed by atoms with Gasteiger partial charge in [0.2, 0.25) is 5.91 Å². The van der Waals surface area contributed by atoms with E-state index in [1.807, 2.05) is 26.0 Å². The number of rotatable bonds is 6. The van der Waals surface area contributed by atoms with Crippen molar-refractivity contribution in [1.82, 2.24) is 5.43 Å². The van der Waals surface area contributed by atoms with Crippen LogP contribution in [0.3, 0.4) is 0 Å². The number of ether oxygens (including phenoxy) is 1. The monoisotopic (exact) mass is 268 g/mol. The fourth-order valence-corrected chi connectivity index (χ4v) is 1.39. The Labute approximate surface area is 112 Å². The van der Waals surface area contributed by atoms with Crippen molar-refractivity contribution in [3.63, 3.8) is 0 Å². The molecule has 0 aromatic heterocycles. The molecule has 0 aliphatic carbocycles. The van der Waals surface area contributed by atoms with Crippen molar-refractivity contribution in [3.8, 4) is 0 Å². The van der Waals surface area contributed by atoms with Crippen molar-refractivity contribution in [2.75, 3.05) is 13.2 Å². The minimum atomic E-state index is -0.156. The molecule has 0 heterocycles. The Morgan fingerprint density at radius 3 is 2.67 bits per heavy atom. The first-order valence-electron chi connectivity index (χ1n) is 5.80. The number of hydrogen-bond donors (Lipinski definition) is 1. The zero-order valence-electron chi connectivity index (χ0n) is 10.6. The molecule has 0 aliphatic heterocycles. The third-order valence-corrected chi connectivity index (χ3v) is 2.54. The molecule has 1 aromatic carbocycles. The minimum absolute atomic E-state index is 0.156. The normalized spacial score (nSPS) is 11.4. The van der Waals surface area contributed by atoms with E-state index < -0.39 is 0 Å². The zero-order chi connectivity index (χ0) is 13.4. The van der Waals surface area contributed by atoms with Gasteiger partial charge in [0.05, 0.1) is 18.7 Å². The van der Waals surface area contributed by atoms with Crippen LogP contribution >= 0.6 is 11.6 Å². The van der Waals surface area contributed by atoms with Gasteiger partial charge in [-0.3, -0.25) is 4.79 Å². The molecule has 0 bridgehead atoms. The Morgan fingerprint density at radius 1 is 1.39 bits per heavy atom. The van der Waals surface area contributed by atoms with Crippen LogP contribution in [0, 0.1) is 0 Å². The van der Waals surface area contributed by atoms with Gasteiger partial charge in [-0.05, 0) is 31.5 Å². The highest BCUT2D eigenvalue weighted by Crippen LogP contribution is 2.09. The number of carbonyl (C=O) groups excluding carboxylic acids is 1. The van der Waals surface area contributed by atoms with Crippen molar-refractivity contribution in [1.29, 1.82) is 0 Å². The summed E-state index contributed by atoms with van der Waals surface area (Å²) in [6.07, 6.45) is 0.311. The fourth-order valence-electron chi connectivity index (χ4n) is 1.27. The summed E-state index contributed by atoms with van der Waals surface area (Å²) >= 11 is 5.79. The average molecular weight is 269 g/mol. The molecule has 0 saturated carbocycles. The average Bonchev–Trinajstić information content (AvgIpc) is 2.37. The van der Waals surface area contributed by atoms with Crippen molar-refractivity contribution in [2.24, 2.45) is 5.10 Å². The van der Waals surface area contributed by atoms with Gasteiger partial charge in [-0.25, -0.2) is 5.43 Å². The second kappa shape index (κ2) is 7.84. The van der Waals surface area contributed by atoms with Crippen molar-refractivity contribution in [3.05, 3.63) is 34.9 Å². The first-order chi connectivity index (χ1) is 8.63. The number of halogens is 1. The second-order valence-corrected chi connectivity index (χ2v) is 4.12. The Morgan fingerprint density at radius 2 is 2.06 bits per heavy atom. The molecule has 98 valence electrons. The van der Waals surface area contributed by atoms with Gasteiger partial charge in [0, 0.05) is 11.6 Å². The smallest absolute Gasteiger partial charge is 0.242 e. The van der Waals surface area contributed by atoms with Crippen LogP contribution < -0.4 is 5.43 Å². The fraction of sp³-hybridized carbons (Fsp3) is 0.385. The first-order valence-corrected chi connectivity index (χ1v) is 6.18. The van der Waals surface area contributed by atoms with E-state index in [2.05, 4.69) is 10.5 Å². The predicted molar refractivity (Wildman–Crippen MR) is 72.9 cm³/mol. The molecule has 0 unspecified atom stereocenters. The summed E-state index contributed by atoms with van der Waals surface area (Å²) in [6, 6.07) is 7.28. The van der Waals surface area contributed by atoms with Crippen molar-refractivity contribution < 1.29 is 9.53 Å². The van der Waals surface area contributed by atoms with Crippen LogP contribution in [0.5, 0.6) is 0 Å². The number of carbonyl (C=O) groups is 1. The van der Waals surface area contributed by atoms with Crippen LogP contribution in [-0.4, -0.2) is 24.8 Å². The molecule has 18 heavy (non-hydrogen) atoms. The van der Waals surface area contributed by atoms with E-state index in [0.717, 1.165) is 11.3 Å². The SMILES string of the molecule is CCOCCC(=O)N/N=C(\C)c1ccc(Cl)cc1. The van der Waals surface area contributed by atoms with E-state index in [-0.39, 0.29) is 5.91 Å². The summed E-state index contributed by atoms with van der Waals surface area (Å²) in [5.74, 6) is -0.156. The van der Waals surface area contributed by atoms with Crippen LogP contribution in [0.15, 0.2) is 29.4 Å². The Balaban J connectivity index is 2.46. The van der Waals surface area contributed by atoms with Gasteiger partial charge in [-0.2, -0.15) is 5.10 Å². The molecule has 1 amide bonds. The van der Waals surface area contributed by atoms with E-state index in [1.54, 1.807) is 12.1 Å². The third-order valence-electron chi connectivity index (χ3n) is 2.29. The van der Waals surface area contributed by atoms with Crippen molar-refractivity contribution >= 4 is 23.2 Å². The highest BCUT2D eigenvalue weighted by Gasteiger charge is 2.01. The Kier molecular flexibility index (Phi) is 6.39. The van der Waals surface area contributed by atoms with Gasteiger partial charge >= 0.3 is 0 Å². The molecule has 0 aliphatic rings. The standard InChI is InChI=1S/C13H17ClN2O2/c1-3-18-9-8-13(17)16-15-10(2)11-4-6-12(14)7-5-11/h4-7H,3,8-9H2,1-2H3,(H,16,17)/b15-10+. The highest BCUT2D eigenvalue weighted by atomic mass is 35.5. The summed E-state index contributed by atoms with van der Waals surface area (Å²) in [5.41, 5.74) is 4.14. The van der Waals surface area contributed by atoms with E-state index in [0.29, 0.717) is 24.7 Å². The summed E-state index contributed by atoms with van der Waals surface area (Å²) in [6.45, 7) is 4.74. The summed E-state index contributed by atoms with van der Waals surface area (Å²) in [5, 5.41) is 4.69. The van der Waals surface area contributed by atoms with Gasteiger partial charge in [-0.1, -0.05) is 23.7 Å². The molecule has 1 rings (SSSR count). The third kappa shape index (κ3) is 5.29. The van der Waals surface area contributed by atoms with E-state index in [1.165, 1.54) is 0 Å². The highest BCUT2D eigenvalue weighted by molar-refractivity contribution is 6.30. The number of nitrogens with zero attached hydrogens (tertiary/aromatic N) is 1. The molecule has 1 aromatic rings. The second-order valence-electron chi connectivity index (χ2n) is 3.69.